The molecular formula is C17H24N4O. The number of carbonyl (C=O) groups is 1. The van der Waals surface area contributed by atoms with Crippen LogP contribution in [0.3, 0.4) is 0 Å². The minimum absolute atomic E-state index is 0.134. The number of carbonyl (C=O) groups excluding carboxylic acids is 1. The lowest BCUT2D eigenvalue weighted by molar-refractivity contribution is -0.126. The van der Waals surface area contributed by atoms with Crippen LogP contribution in [0.4, 0.5) is 5.95 Å². The van der Waals surface area contributed by atoms with Crippen molar-refractivity contribution < 1.29 is 4.79 Å². The van der Waals surface area contributed by atoms with Gasteiger partial charge in [-0.2, -0.15) is 0 Å². The fraction of sp³-hybridized carbons (Fsp3) is 0.529. The summed E-state index contributed by atoms with van der Waals surface area (Å²) in [5, 5.41) is 3.02. The van der Waals surface area contributed by atoms with Crippen LogP contribution in [0.2, 0.25) is 0 Å². The Balaban J connectivity index is 1.73. The number of benzene rings is 1. The Kier molecular flexibility index (Phi) is 4.05. The number of nitrogens with two attached hydrogens (primary N) is 1. The van der Waals surface area contributed by atoms with Crippen LogP contribution in [-0.2, 0) is 4.79 Å². The number of amides is 1. The quantitative estimate of drug-likeness (QED) is 0.915. The van der Waals surface area contributed by atoms with Crippen LogP contribution in [0, 0.1) is 5.92 Å². The predicted molar refractivity (Wildman–Crippen MR) is 88.4 cm³/mol. The van der Waals surface area contributed by atoms with Crippen molar-refractivity contribution >= 4 is 22.9 Å². The van der Waals surface area contributed by atoms with Gasteiger partial charge >= 0.3 is 0 Å². The molecule has 1 heterocycles. The van der Waals surface area contributed by atoms with Gasteiger partial charge in [0.05, 0.1) is 11.0 Å². The van der Waals surface area contributed by atoms with Gasteiger partial charge in [0, 0.05) is 18.0 Å². The van der Waals surface area contributed by atoms with Crippen molar-refractivity contribution in [3.05, 3.63) is 24.3 Å². The highest BCUT2D eigenvalue weighted by molar-refractivity contribution is 5.79. The average Bonchev–Trinajstić information content (AvgIpc) is 2.82. The molecule has 1 saturated carbocycles. The van der Waals surface area contributed by atoms with Gasteiger partial charge in [0.1, 0.15) is 0 Å². The third kappa shape index (κ3) is 2.80. The number of para-hydroxylation sites is 2. The molecule has 1 fully saturated rings. The average molecular weight is 300 g/mol. The first kappa shape index (κ1) is 14.9. The maximum Gasteiger partial charge on any atom is 0.223 e. The zero-order valence-electron chi connectivity index (χ0n) is 13.2. The summed E-state index contributed by atoms with van der Waals surface area (Å²) in [5.74, 6) is 0.905. The van der Waals surface area contributed by atoms with Crippen molar-refractivity contribution in [1.29, 1.82) is 0 Å². The number of rotatable bonds is 3. The standard InChI is InChI=1S/C17H24N4O/c1-11(2)19-16(22)12-7-9-13(10-8-12)21-15-6-4-3-5-14(15)20-17(21)18/h3-6,11-13H,7-10H2,1-2H3,(H2,18,20)(H,19,22). The van der Waals surface area contributed by atoms with E-state index < -0.39 is 0 Å². The highest BCUT2D eigenvalue weighted by atomic mass is 16.1. The van der Waals surface area contributed by atoms with Crippen LogP contribution in [0.15, 0.2) is 24.3 Å². The number of nitrogens with one attached hydrogen (secondary N) is 1. The molecule has 22 heavy (non-hydrogen) atoms. The van der Waals surface area contributed by atoms with Crippen molar-refractivity contribution in [2.24, 2.45) is 5.92 Å². The Labute approximate surface area is 130 Å². The first-order valence-corrected chi connectivity index (χ1v) is 8.09. The van der Waals surface area contributed by atoms with E-state index in [1.165, 1.54) is 0 Å². The van der Waals surface area contributed by atoms with Gasteiger partial charge in [-0.1, -0.05) is 12.1 Å². The normalized spacial score (nSPS) is 22.1. The van der Waals surface area contributed by atoms with Gasteiger partial charge in [0.25, 0.3) is 0 Å². The van der Waals surface area contributed by atoms with E-state index in [1.807, 2.05) is 32.0 Å². The van der Waals surface area contributed by atoms with Crippen LogP contribution in [0.1, 0.15) is 45.6 Å². The third-order valence-electron chi connectivity index (χ3n) is 4.49. The fourth-order valence-electron chi connectivity index (χ4n) is 3.45. The van der Waals surface area contributed by atoms with Crippen LogP contribution in [-0.4, -0.2) is 21.5 Å². The minimum atomic E-state index is 0.134. The zero-order valence-corrected chi connectivity index (χ0v) is 13.2. The molecule has 0 radical (unpaired) electrons. The zero-order chi connectivity index (χ0) is 15.7. The highest BCUT2D eigenvalue weighted by Crippen LogP contribution is 2.36. The van der Waals surface area contributed by atoms with Crippen molar-refractivity contribution in [3.63, 3.8) is 0 Å². The van der Waals surface area contributed by atoms with Gasteiger partial charge in [0.2, 0.25) is 11.9 Å². The molecule has 3 rings (SSSR count). The molecular weight excluding hydrogens is 276 g/mol. The fourth-order valence-corrected chi connectivity index (χ4v) is 3.45. The summed E-state index contributed by atoms with van der Waals surface area (Å²) in [6, 6.07) is 8.60. The summed E-state index contributed by atoms with van der Waals surface area (Å²) in [6.45, 7) is 4.00. The van der Waals surface area contributed by atoms with Crippen LogP contribution in [0.5, 0.6) is 0 Å². The second-order valence-corrected chi connectivity index (χ2v) is 6.50. The van der Waals surface area contributed by atoms with Gasteiger partial charge in [-0.25, -0.2) is 4.98 Å². The summed E-state index contributed by atoms with van der Waals surface area (Å²) in [6.07, 6.45) is 3.77. The van der Waals surface area contributed by atoms with Gasteiger partial charge in [0.15, 0.2) is 0 Å². The highest BCUT2D eigenvalue weighted by Gasteiger charge is 2.28. The molecule has 0 aliphatic heterocycles. The number of aromatic nitrogens is 2. The van der Waals surface area contributed by atoms with Crippen molar-refractivity contribution in [1.82, 2.24) is 14.9 Å². The van der Waals surface area contributed by atoms with E-state index >= 15 is 0 Å². The monoisotopic (exact) mass is 300 g/mol. The summed E-state index contributed by atoms with van der Waals surface area (Å²) in [5.41, 5.74) is 8.15. The maximum atomic E-state index is 12.1. The van der Waals surface area contributed by atoms with Crippen molar-refractivity contribution in [2.45, 2.75) is 51.6 Å². The minimum Gasteiger partial charge on any atom is -0.369 e. The molecule has 5 nitrogen and oxygen atoms in total. The van der Waals surface area contributed by atoms with E-state index in [9.17, 15) is 4.79 Å². The number of fused-ring (bicyclic) bond motifs is 1. The first-order chi connectivity index (χ1) is 10.6. The van der Waals surface area contributed by atoms with E-state index in [2.05, 4.69) is 20.9 Å². The molecule has 0 unspecified atom stereocenters. The van der Waals surface area contributed by atoms with E-state index in [-0.39, 0.29) is 17.9 Å². The maximum absolute atomic E-state index is 12.1. The molecule has 0 saturated heterocycles. The second kappa shape index (κ2) is 5.99. The van der Waals surface area contributed by atoms with Gasteiger partial charge in [-0.05, 0) is 51.7 Å². The number of nitrogens with zero attached hydrogens (tertiary/aromatic N) is 2. The molecule has 3 N–H and O–H groups in total. The summed E-state index contributed by atoms with van der Waals surface area (Å²) in [4.78, 5) is 16.6. The summed E-state index contributed by atoms with van der Waals surface area (Å²) < 4.78 is 2.14. The van der Waals surface area contributed by atoms with E-state index in [1.54, 1.807) is 0 Å². The molecule has 1 aromatic heterocycles. The Morgan fingerprint density at radius 3 is 2.64 bits per heavy atom. The van der Waals surface area contributed by atoms with Crippen LogP contribution < -0.4 is 11.1 Å². The van der Waals surface area contributed by atoms with Crippen LogP contribution >= 0.6 is 0 Å². The SMILES string of the molecule is CC(C)NC(=O)C1CCC(n2c(N)nc3ccccc32)CC1. The Bertz CT molecular complexity index is 668. The summed E-state index contributed by atoms with van der Waals surface area (Å²) in [7, 11) is 0. The molecule has 0 bridgehead atoms. The smallest absolute Gasteiger partial charge is 0.223 e. The second-order valence-electron chi connectivity index (χ2n) is 6.50. The lowest BCUT2D eigenvalue weighted by Crippen LogP contribution is -2.37. The van der Waals surface area contributed by atoms with Gasteiger partial charge in [-0.3, -0.25) is 4.79 Å². The molecule has 2 aromatic rings. The lowest BCUT2D eigenvalue weighted by Gasteiger charge is -2.30. The molecule has 0 atom stereocenters. The van der Waals surface area contributed by atoms with E-state index in [4.69, 9.17) is 5.73 Å². The van der Waals surface area contributed by atoms with Gasteiger partial charge < -0.3 is 15.6 Å². The predicted octanol–water partition coefficient (Wildman–Crippen LogP) is 2.87. The van der Waals surface area contributed by atoms with Crippen molar-refractivity contribution in [2.75, 3.05) is 5.73 Å². The number of nitrogen functional groups attached to an aromatic ring is 1. The Hall–Kier alpha value is -2.04. The van der Waals surface area contributed by atoms with E-state index in [0.717, 1.165) is 36.7 Å². The Morgan fingerprint density at radius 1 is 1.27 bits per heavy atom. The molecule has 1 aliphatic rings. The molecule has 5 heteroatoms. The molecule has 1 amide bonds. The Morgan fingerprint density at radius 2 is 1.95 bits per heavy atom. The lowest BCUT2D eigenvalue weighted by atomic mass is 9.85. The van der Waals surface area contributed by atoms with Crippen LogP contribution in [0.25, 0.3) is 11.0 Å². The molecule has 1 aromatic carbocycles. The largest absolute Gasteiger partial charge is 0.369 e. The van der Waals surface area contributed by atoms with Gasteiger partial charge in [-0.15, -0.1) is 0 Å². The van der Waals surface area contributed by atoms with E-state index in [0.29, 0.717) is 12.0 Å². The van der Waals surface area contributed by atoms with Crippen molar-refractivity contribution in [3.8, 4) is 0 Å². The number of anilines is 1. The number of hydrogen-bond donors (Lipinski definition) is 2. The molecule has 1 aliphatic carbocycles. The molecule has 118 valence electrons. The number of hydrogen-bond acceptors (Lipinski definition) is 3. The topological polar surface area (TPSA) is 72.9 Å². The molecule has 0 spiro atoms. The third-order valence-corrected chi connectivity index (χ3v) is 4.49. The first-order valence-electron chi connectivity index (χ1n) is 8.09. The summed E-state index contributed by atoms with van der Waals surface area (Å²) >= 11 is 0. The number of imidazole rings is 1.